The van der Waals surface area contributed by atoms with Crippen LogP contribution in [-0.2, 0) is 14.3 Å². The van der Waals surface area contributed by atoms with E-state index in [9.17, 15) is 4.79 Å². The monoisotopic (exact) mass is 156 g/mol. The van der Waals surface area contributed by atoms with Gasteiger partial charge in [-0.2, -0.15) is 0 Å². The van der Waals surface area contributed by atoms with Gasteiger partial charge in [0.05, 0.1) is 12.7 Å². The van der Waals surface area contributed by atoms with Gasteiger partial charge in [0.25, 0.3) is 0 Å². The van der Waals surface area contributed by atoms with Crippen LogP contribution < -0.4 is 0 Å². The first-order valence-electron chi connectivity index (χ1n) is 3.65. The Labute approximate surface area is 66.0 Å². The van der Waals surface area contributed by atoms with Crippen LogP contribution in [0, 0.1) is 0 Å². The standard InChI is InChI=1S/C8H12O3/c1-6-8(11-7(2)9)4-3-5-10-6/h3-4,6,8H,5H2,1-2H3/t6-,8+/m0/s1. The van der Waals surface area contributed by atoms with Gasteiger partial charge in [-0.05, 0) is 13.0 Å². The molecule has 2 atom stereocenters. The molecule has 0 amide bonds. The molecule has 3 heteroatoms. The summed E-state index contributed by atoms with van der Waals surface area (Å²) in [5, 5.41) is 0. The van der Waals surface area contributed by atoms with Gasteiger partial charge in [-0.25, -0.2) is 0 Å². The Bertz CT molecular complexity index is 174. The Hall–Kier alpha value is -0.830. The van der Waals surface area contributed by atoms with Crippen LogP contribution in [0.1, 0.15) is 13.8 Å². The van der Waals surface area contributed by atoms with E-state index in [2.05, 4.69) is 0 Å². The first kappa shape index (κ1) is 8.27. The van der Waals surface area contributed by atoms with Gasteiger partial charge < -0.3 is 9.47 Å². The molecule has 0 bridgehead atoms. The van der Waals surface area contributed by atoms with Gasteiger partial charge in [0.1, 0.15) is 6.10 Å². The minimum atomic E-state index is -0.267. The lowest BCUT2D eigenvalue weighted by Gasteiger charge is -2.23. The van der Waals surface area contributed by atoms with Gasteiger partial charge in [-0.1, -0.05) is 6.08 Å². The molecule has 0 saturated heterocycles. The summed E-state index contributed by atoms with van der Waals surface area (Å²) in [5.41, 5.74) is 0. The van der Waals surface area contributed by atoms with Crippen LogP contribution >= 0.6 is 0 Å². The summed E-state index contributed by atoms with van der Waals surface area (Å²) in [6.07, 6.45) is 3.48. The van der Waals surface area contributed by atoms with Crippen LogP contribution in [0.5, 0.6) is 0 Å². The van der Waals surface area contributed by atoms with E-state index in [0.29, 0.717) is 6.61 Å². The summed E-state index contributed by atoms with van der Waals surface area (Å²) >= 11 is 0. The molecule has 0 spiro atoms. The zero-order valence-corrected chi connectivity index (χ0v) is 6.74. The van der Waals surface area contributed by atoms with Crippen molar-refractivity contribution in [3.05, 3.63) is 12.2 Å². The van der Waals surface area contributed by atoms with Crippen LogP contribution in [0.25, 0.3) is 0 Å². The lowest BCUT2D eigenvalue weighted by atomic mass is 10.2. The molecule has 1 rings (SSSR count). The summed E-state index contributed by atoms with van der Waals surface area (Å²) in [5.74, 6) is -0.267. The predicted octanol–water partition coefficient (Wildman–Crippen LogP) is 0.893. The second kappa shape index (κ2) is 3.53. The molecule has 0 saturated carbocycles. The van der Waals surface area contributed by atoms with E-state index in [0.717, 1.165) is 0 Å². The molecule has 0 aromatic rings. The smallest absolute Gasteiger partial charge is 0.303 e. The Balaban J connectivity index is 2.48. The van der Waals surface area contributed by atoms with Crippen molar-refractivity contribution in [3.63, 3.8) is 0 Å². The van der Waals surface area contributed by atoms with E-state index in [1.807, 2.05) is 19.1 Å². The maximum atomic E-state index is 10.5. The molecule has 0 unspecified atom stereocenters. The molecular weight excluding hydrogens is 144 g/mol. The molecule has 0 radical (unpaired) electrons. The molecular formula is C8H12O3. The predicted molar refractivity (Wildman–Crippen MR) is 40.1 cm³/mol. The highest BCUT2D eigenvalue weighted by Gasteiger charge is 2.19. The van der Waals surface area contributed by atoms with Crippen LogP contribution in [0.2, 0.25) is 0 Å². The number of esters is 1. The number of carbonyl (C=O) groups excluding carboxylic acids is 1. The third kappa shape index (κ3) is 2.35. The summed E-state index contributed by atoms with van der Waals surface area (Å²) in [4.78, 5) is 10.5. The van der Waals surface area contributed by atoms with E-state index < -0.39 is 0 Å². The number of hydrogen-bond donors (Lipinski definition) is 0. The summed E-state index contributed by atoms with van der Waals surface area (Å²) in [6, 6.07) is 0. The Kier molecular flexibility index (Phi) is 2.65. The molecule has 11 heavy (non-hydrogen) atoms. The van der Waals surface area contributed by atoms with Crippen LogP contribution in [-0.4, -0.2) is 24.8 Å². The van der Waals surface area contributed by atoms with Crippen molar-refractivity contribution in [2.45, 2.75) is 26.1 Å². The van der Waals surface area contributed by atoms with Gasteiger partial charge in [0.2, 0.25) is 0 Å². The fourth-order valence-electron chi connectivity index (χ4n) is 0.975. The maximum Gasteiger partial charge on any atom is 0.303 e. The molecule has 0 aromatic heterocycles. The van der Waals surface area contributed by atoms with Crippen LogP contribution in [0.4, 0.5) is 0 Å². The third-order valence-electron chi connectivity index (χ3n) is 1.55. The normalized spacial score (nSPS) is 30.0. The quantitative estimate of drug-likeness (QED) is 0.418. The molecule has 0 N–H and O–H groups in total. The Morgan fingerprint density at radius 3 is 3.00 bits per heavy atom. The zero-order valence-electron chi connectivity index (χ0n) is 6.74. The minimum Gasteiger partial charge on any atom is -0.456 e. The highest BCUT2D eigenvalue weighted by molar-refractivity contribution is 5.66. The first-order valence-corrected chi connectivity index (χ1v) is 3.65. The fourth-order valence-corrected chi connectivity index (χ4v) is 0.975. The van der Waals surface area contributed by atoms with Crippen molar-refractivity contribution in [3.8, 4) is 0 Å². The van der Waals surface area contributed by atoms with Gasteiger partial charge in [-0.15, -0.1) is 0 Å². The van der Waals surface area contributed by atoms with E-state index in [-0.39, 0.29) is 18.2 Å². The number of carbonyl (C=O) groups is 1. The second-order valence-electron chi connectivity index (χ2n) is 2.54. The number of ether oxygens (including phenoxy) is 2. The molecule has 62 valence electrons. The third-order valence-corrected chi connectivity index (χ3v) is 1.55. The number of rotatable bonds is 1. The molecule has 0 aromatic carbocycles. The van der Waals surface area contributed by atoms with E-state index in [1.165, 1.54) is 6.92 Å². The zero-order chi connectivity index (χ0) is 8.27. The average molecular weight is 156 g/mol. The topological polar surface area (TPSA) is 35.5 Å². The minimum absolute atomic E-state index is 0.0242. The van der Waals surface area contributed by atoms with Gasteiger partial charge in [-0.3, -0.25) is 4.79 Å². The highest BCUT2D eigenvalue weighted by Crippen LogP contribution is 2.10. The lowest BCUT2D eigenvalue weighted by molar-refractivity contribution is -0.150. The van der Waals surface area contributed by atoms with E-state index >= 15 is 0 Å². The summed E-state index contributed by atoms with van der Waals surface area (Å²) in [6.45, 7) is 3.89. The molecule has 1 heterocycles. The van der Waals surface area contributed by atoms with Crippen molar-refractivity contribution in [1.82, 2.24) is 0 Å². The van der Waals surface area contributed by atoms with Gasteiger partial charge >= 0.3 is 5.97 Å². The Morgan fingerprint density at radius 1 is 1.73 bits per heavy atom. The van der Waals surface area contributed by atoms with Crippen molar-refractivity contribution >= 4 is 5.97 Å². The van der Waals surface area contributed by atoms with E-state index in [1.54, 1.807) is 0 Å². The largest absolute Gasteiger partial charge is 0.456 e. The summed E-state index contributed by atoms with van der Waals surface area (Å²) in [7, 11) is 0. The molecule has 3 nitrogen and oxygen atoms in total. The average Bonchev–Trinajstić information content (AvgIpc) is 1.93. The second-order valence-corrected chi connectivity index (χ2v) is 2.54. The first-order chi connectivity index (χ1) is 5.20. The highest BCUT2D eigenvalue weighted by atomic mass is 16.6. The van der Waals surface area contributed by atoms with Crippen LogP contribution in [0.15, 0.2) is 12.2 Å². The van der Waals surface area contributed by atoms with Crippen molar-refractivity contribution in [1.29, 1.82) is 0 Å². The van der Waals surface area contributed by atoms with E-state index in [4.69, 9.17) is 9.47 Å². The van der Waals surface area contributed by atoms with Crippen molar-refractivity contribution < 1.29 is 14.3 Å². The van der Waals surface area contributed by atoms with Crippen molar-refractivity contribution in [2.24, 2.45) is 0 Å². The van der Waals surface area contributed by atoms with Gasteiger partial charge in [0, 0.05) is 6.92 Å². The molecule has 0 aliphatic carbocycles. The van der Waals surface area contributed by atoms with Gasteiger partial charge in [0.15, 0.2) is 0 Å². The Morgan fingerprint density at radius 2 is 2.45 bits per heavy atom. The SMILES string of the molecule is CC(=O)O[C@@H]1C=CCO[C@H]1C. The molecule has 0 fully saturated rings. The molecule has 1 aliphatic rings. The maximum absolute atomic E-state index is 10.5. The molecule has 1 aliphatic heterocycles. The summed E-state index contributed by atoms with van der Waals surface area (Å²) < 4.78 is 10.2. The fraction of sp³-hybridized carbons (Fsp3) is 0.625. The van der Waals surface area contributed by atoms with Crippen LogP contribution in [0.3, 0.4) is 0 Å². The van der Waals surface area contributed by atoms with Crippen molar-refractivity contribution in [2.75, 3.05) is 6.61 Å². The number of hydrogen-bond acceptors (Lipinski definition) is 3. The lowest BCUT2D eigenvalue weighted by Crippen LogP contribution is -2.31.